The van der Waals surface area contributed by atoms with E-state index < -0.39 is 12.0 Å². The van der Waals surface area contributed by atoms with Crippen LogP contribution in [0.5, 0.6) is 0 Å². The van der Waals surface area contributed by atoms with Gasteiger partial charge in [0.2, 0.25) is 0 Å². The molecule has 1 heterocycles. The lowest BCUT2D eigenvalue weighted by Gasteiger charge is -2.06. The topological polar surface area (TPSA) is 58.6 Å². The van der Waals surface area contributed by atoms with Crippen molar-refractivity contribution in [2.75, 3.05) is 13.2 Å². The Balaban J connectivity index is 0.00000200. The van der Waals surface area contributed by atoms with Crippen LogP contribution in [0.1, 0.15) is 12.0 Å². The molecule has 0 bridgehead atoms. The van der Waals surface area contributed by atoms with Crippen LogP contribution in [-0.2, 0) is 9.53 Å². The standard InChI is InChI=1S/C14H14BrNO3.ClH/c15-12-6-2-1-4-10(12)5-3-7-19-11-8-13(14(17)18)16-9-11;/h1-2,4,6,11,13,16H,7-9H2,(H,17,18);1H/t11-,13+;/m1./s1. The van der Waals surface area contributed by atoms with E-state index in [0.29, 0.717) is 19.6 Å². The van der Waals surface area contributed by atoms with Crippen LogP contribution in [0.2, 0.25) is 0 Å². The summed E-state index contributed by atoms with van der Waals surface area (Å²) in [5, 5.41) is 11.7. The van der Waals surface area contributed by atoms with E-state index in [0.717, 1.165) is 10.0 Å². The van der Waals surface area contributed by atoms with Crippen LogP contribution >= 0.6 is 28.3 Å². The Bertz CT molecular complexity index is 527. The Hall–Kier alpha value is -1.06. The molecule has 108 valence electrons. The molecule has 0 radical (unpaired) electrons. The molecule has 4 nitrogen and oxygen atoms in total. The van der Waals surface area contributed by atoms with Crippen LogP contribution in [-0.4, -0.2) is 36.4 Å². The molecule has 1 aliphatic heterocycles. The largest absolute Gasteiger partial charge is 0.480 e. The monoisotopic (exact) mass is 359 g/mol. The van der Waals surface area contributed by atoms with Gasteiger partial charge in [-0.1, -0.05) is 24.0 Å². The van der Waals surface area contributed by atoms with Gasteiger partial charge in [0.25, 0.3) is 0 Å². The van der Waals surface area contributed by atoms with Gasteiger partial charge in [-0.15, -0.1) is 12.4 Å². The molecular weight excluding hydrogens is 346 g/mol. The zero-order valence-electron chi connectivity index (χ0n) is 10.6. The highest BCUT2D eigenvalue weighted by molar-refractivity contribution is 9.10. The van der Waals surface area contributed by atoms with Gasteiger partial charge in [-0.2, -0.15) is 0 Å². The number of hydrogen-bond acceptors (Lipinski definition) is 3. The third-order valence-corrected chi connectivity index (χ3v) is 3.57. The van der Waals surface area contributed by atoms with Crippen molar-refractivity contribution in [2.45, 2.75) is 18.6 Å². The highest BCUT2D eigenvalue weighted by atomic mass is 79.9. The van der Waals surface area contributed by atoms with Crippen LogP contribution in [0.4, 0.5) is 0 Å². The van der Waals surface area contributed by atoms with Gasteiger partial charge in [0.05, 0.1) is 6.10 Å². The number of halogens is 2. The van der Waals surface area contributed by atoms with Gasteiger partial charge in [0, 0.05) is 23.0 Å². The van der Waals surface area contributed by atoms with E-state index in [9.17, 15) is 4.79 Å². The van der Waals surface area contributed by atoms with Gasteiger partial charge in [0.15, 0.2) is 0 Å². The minimum absolute atomic E-state index is 0. The van der Waals surface area contributed by atoms with Crippen molar-refractivity contribution in [3.05, 3.63) is 34.3 Å². The molecule has 0 amide bonds. The smallest absolute Gasteiger partial charge is 0.320 e. The SMILES string of the molecule is Cl.O=C(O)[C@@H]1C[C@@H](OCC#Cc2ccccc2Br)CN1. The van der Waals surface area contributed by atoms with E-state index >= 15 is 0 Å². The fourth-order valence-corrected chi connectivity index (χ4v) is 2.26. The van der Waals surface area contributed by atoms with Crippen molar-refractivity contribution in [3.8, 4) is 11.8 Å². The predicted octanol–water partition coefficient (Wildman–Crippen LogP) is 2.05. The summed E-state index contributed by atoms with van der Waals surface area (Å²) >= 11 is 3.42. The number of benzene rings is 1. The molecule has 2 atom stereocenters. The second-order valence-electron chi connectivity index (χ2n) is 4.25. The van der Waals surface area contributed by atoms with Gasteiger partial charge in [0.1, 0.15) is 12.6 Å². The third-order valence-electron chi connectivity index (χ3n) is 2.88. The van der Waals surface area contributed by atoms with Crippen LogP contribution in [0, 0.1) is 11.8 Å². The Labute approximate surface area is 132 Å². The van der Waals surface area contributed by atoms with E-state index in [2.05, 4.69) is 33.1 Å². The molecule has 0 aromatic heterocycles. The number of carbonyl (C=O) groups is 1. The summed E-state index contributed by atoms with van der Waals surface area (Å²) < 4.78 is 6.48. The van der Waals surface area contributed by atoms with Crippen LogP contribution < -0.4 is 5.32 Å². The van der Waals surface area contributed by atoms with E-state index in [1.54, 1.807) is 0 Å². The summed E-state index contributed by atoms with van der Waals surface area (Å²) in [6.45, 7) is 0.869. The summed E-state index contributed by atoms with van der Waals surface area (Å²) in [5.41, 5.74) is 0.916. The minimum Gasteiger partial charge on any atom is -0.480 e. The van der Waals surface area contributed by atoms with Gasteiger partial charge < -0.3 is 15.2 Å². The van der Waals surface area contributed by atoms with Crippen LogP contribution in [0.15, 0.2) is 28.7 Å². The molecule has 20 heavy (non-hydrogen) atoms. The molecule has 1 saturated heterocycles. The van der Waals surface area contributed by atoms with Crippen molar-refractivity contribution in [2.24, 2.45) is 0 Å². The number of aliphatic carboxylic acids is 1. The number of nitrogens with one attached hydrogen (secondary N) is 1. The molecule has 1 aliphatic rings. The average molecular weight is 361 g/mol. The molecule has 2 rings (SSSR count). The summed E-state index contributed by atoms with van der Waals surface area (Å²) in [6.07, 6.45) is 0.418. The predicted molar refractivity (Wildman–Crippen MR) is 82.1 cm³/mol. The van der Waals surface area contributed by atoms with Crippen LogP contribution in [0.3, 0.4) is 0 Å². The Kier molecular flexibility index (Phi) is 7.03. The Morgan fingerprint density at radius 3 is 2.90 bits per heavy atom. The minimum atomic E-state index is -0.828. The maximum absolute atomic E-state index is 10.7. The van der Waals surface area contributed by atoms with E-state index in [1.807, 2.05) is 24.3 Å². The van der Waals surface area contributed by atoms with Gasteiger partial charge in [-0.25, -0.2) is 0 Å². The first-order valence-electron chi connectivity index (χ1n) is 5.98. The Morgan fingerprint density at radius 1 is 1.50 bits per heavy atom. The fraction of sp³-hybridized carbons (Fsp3) is 0.357. The fourth-order valence-electron chi connectivity index (χ4n) is 1.87. The van der Waals surface area contributed by atoms with Gasteiger partial charge >= 0.3 is 5.97 Å². The number of rotatable bonds is 3. The molecule has 2 N–H and O–H groups in total. The lowest BCUT2D eigenvalue weighted by atomic mass is 10.2. The van der Waals surface area contributed by atoms with Crippen molar-refractivity contribution in [1.82, 2.24) is 5.32 Å². The average Bonchev–Trinajstić information content (AvgIpc) is 2.85. The number of carboxylic acid groups (broad SMARTS) is 1. The highest BCUT2D eigenvalue weighted by Crippen LogP contribution is 2.14. The van der Waals surface area contributed by atoms with Crippen molar-refractivity contribution < 1.29 is 14.6 Å². The van der Waals surface area contributed by atoms with Crippen molar-refractivity contribution in [3.63, 3.8) is 0 Å². The maximum atomic E-state index is 10.7. The lowest BCUT2D eigenvalue weighted by Crippen LogP contribution is -2.29. The molecule has 1 aromatic carbocycles. The molecular formula is C14H15BrClNO3. The Morgan fingerprint density at radius 2 is 2.25 bits per heavy atom. The normalized spacial score (nSPS) is 20.6. The molecule has 0 saturated carbocycles. The van der Waals surface area contributed by atoms with E-state index in [-0.39, 0.29) is 18.5 Å². The number of hydrogen-bond donors (Lipinski definition) is 2. The second-order valence-corrected chi connectivity index (χ2v) is 5.10. The van der Waals surface area contributed by atoms with Crippen LogP contribution in [0.25, 0.3) is 0 Å². The zero-order valence-corrected chi connectivity index (χ0v) is 13.0. The molecule has 0 unspecified atom stereocenters. The third kappa shape index (κ3) is 4.80. The van der Waals surface area contributed by atoms with E-state index in [1.165, 1.54) is 0 Å². The lowest BCUT2D eigenvalue weighted by molar-refractivity contribution is -0.139. The summed E-state index contributed by atoms with van der Waals surface area (Å²) in [5.74, 6) is 5.12. The molecule has 0 spiro atoms. The highest BCUT2D eigenvalue weighted by Gasteiger charge is 2.29. The maximum Gasteiger partial charge on any atom is 0.320 e. The van der Waals surface area contributed by atoms with E-state index in [4.69, 9.17) is 9.84 Å². The molecule has 0 aliphatic carbocycles. The van der Waals surface area contributed by atoms with Gasteiger partial charge in [-0.3, -0.25) is 4.79 Å². The quantitative estimate of drug-likeness (QED) is 0.810. The second kappa shape index (κ2) is 8.28. The number of carboxylic acids is 1. The first-order valence-corrected chi connectivity index (χ1v) is 6.77. The van der Waals surface area contributed by atoms with Crippen molar-refractivity contribution in [1.29, 1.82) is 0 Å². The van der Waals surface area contributed by atoms with Crippen molar-refractivity contribution >= 4 is 34.3 Å². The summed E-state index contributed by atoms with van der Waals surface area (Å²) in [7, 11) is 0. The zero-order chi connectivity index (χ0) is 13.7. The molecule has 6 heteroatoms. The first kappa shape index (κ1) is 17.0. The summed E-state index contributed by atoms with van der Waals surface area (Å²) in [4.78, 5) is 10.7. The molecule has 1 aromatic rings. The number of ether oxygens (including phenoxy) is 1. The summed E-state index contributed by atoms with van der Waals surface area (Å²) in [6, 6.07) is 7.22. The first-order chi connectivity index (χ1) is 9.16. The molecule has 1 fully saturated rings. The van der Waals surface area contributed by atoms with Gasteiger partial charge in [-0.05, 0) is 28.1 Å².